The van der Waals surface area contributed by atoms with Crippen LogP contribution in [0.5, 0.6) is 0 Å². The topological polar surface area (TPSA) is 26.3 Å². The molecule has 0 saturated heterocycles. The smallest absolute Gasteiger partial charge is 0.130 e. The Morgan fingerprint density at radius 2 is 2.00 bits per heavy atom. The molecule has 0 heterocycles. The van der Waals surface area contributed by atoms with Crippen molar-refractivity contribution < 1.29 is 9.53 Å². The summed E-state index contributed by atoms with van der Waals surface area (Å²) in [6.07, 6.45) is 6.06. The highest BCUT2D eigenvalue weighted by molar-refractivity contribution is 5.75. The third-order valence-electron chi connectivity index (χ3n) is 2.46. The fraction of sp³-hybridized carbons (Fsp3) is 0.769. The van der Waals surface area contributed by atoms with E-state index in [4.69, 9.17) is 4.74 Å². The molecule has 1 unspecified atom stereocenters. The molecule has 0 aromatic rings. The zero-order chi connectivity index (χ0) is 11.7. The van der Waals surface area contributed by atoms with Gasteiger partial charge in [0.05, 0.1) is 12.7 Å². The highest BCUT2D eigenvalue weighted by atomic mass is 16.5. The number of hydrogen-bond acceptors (Lipinski definition) is 2. The van der Waals surface area contributed by atoms with Gasteiger partial charge < -0.3 is 9.53 Å². The Labute approximate surface area is 93.7 Å². The molecule has 1 atom stereocenters. The van der Waals surface area contributed by atoms with Gasteiger partial charge in [-0.15, -0.1) is 0 Å². The molecule has 0 rings (SSSR count). The van der Waals surface area contributed by atoms with Crippen LogP contribution in [0.15, 0.2) is 11.6 Å². The first kappa shape index (κ1) is 14.4. The van der Waals surface area contributed by atoms with Crippen LogP contribution in [0.25, 0.3) is 0 Å². The number of rotatable bonds is 8. The maximum Gasteiger partial charge on any atom is 0.130 e. The van der Waals surface area contributed by atoms with Gasteiger partial charge in [0.1, 0.15) is 5.78 Å². The van der Waals surface area contributed by atoms with Gasteiger partial charge in [-0.05, 0) is 40.0 Å². The van der Waals surface area contributed by atoms with Gasteiger partial charge in [-0.2, -0.15) is 0 Å². The molecule has 2 nitrogen and oxygen atoms in total. The summed E-state index contributed by atoms with van der Waals surface area (Å²) in [5, 5.41) is 0. The molecule has 0 bridgehead atoms. The van der Waals surface area contributed by atoms with E-state index in [9.17, 15) is 4.79 Å². The molecular weight excluding hydrogens is 188 g/mol. The second-order valence-corrected chi connectivity index (χ2v) is 4.13. The maximum absolute atomic E-state index is 10.7. The molecule has 0 aliphatic heterocycles. The Hall–Kier alpha value is -0.630. The van der Waals surface area contributed by atoms with E-state index in [1.165, 1.54) is 5.57 Å². The van der Waals surface area contributed by atoms with E-state index in [1.54, 1.807) is 6.92 Å². The monoisotopic (exact) mass is 212 g/mol. The Bertz CT molecular complexity index is 207. The van der Waals surface area contributed by atoms with Crippen molar-refractivity contribution >= 4 is 5.78 Å². The van der Waals surface area contributed by atoms with Crippen LogP contribution < -0.4 is 0 Å². The summed E-state index contributed by atoms with van der Waals surface area (Å²) in [6, 6.07) is 0. The lowest BCUT2D eigenvalue weighted by atomic mass is 10.1. The molecule has 0 saturated carbocycles. The lowest BCUT2D eigenvalue weighted by molar-refractivity contribution is -0.116. The first-order chi connectivity index (χ1) is 7.06. The third kappa shape index (κ3) is 9.67. The molecule has 0 aliphatic carbocycles. The van der Waals surface area contributed by atoms with Crippen molar-refractivity contribution in [2.75, 3.05) is 6.61 Å². The van der Waals surface area contributed by atoms with Gasteiger partial charge in [0.25, 0.3) is 0 Å². The van der Waals surface area contributed by atoms with Crippen LogP contribution in [0.1, 0.15) is 53.4 Å². The van der Waals surface area contributed by atoms with Crippen LogP contribution in [0.4, 0.5) is 0 Å². The number of ketones is 1. The fourth-order valence-electron chi connectivity index (χ4n) is 1.16. The number of ether oxygens (including phenoxy) is 1. The second-order valence-electron chi connectivity index (χ2n) is 4.13. The summed E-state index contributed by atoms with van der Waals surface area (Å²) in [5.74, 6) is 0.259. The molecule has 0 N–H and O–H groups in total. The number of carbonyl (C=O) groups excluding carboxylic acids is 1. The Morgan fingerprint density at radius 1 is 1.33 bits per heavy atom. The van der Waals surface area contributed by atoms with Gasteiger partial charge >= 0.3 is 0 Å². The highest BCUT2D eigenvalue weighted by Gasteiger charge is 1.98. The van der Waals surface area contributed by atoms with Crippen molar-refractivity contribution in [1.29, 1.82) is 0 Å². The molecule has 0 aliphatic rings. The Balaban J connectivity index is 3.55. The van der Waals surface area contributed by atoms with E-state index in [0.29, 0.717) is 12.5 Å². The summed E-state index contributed by atoms with van der Waals surface area (Å²) >= 11 is 0. The molecule has 0 aromatic heterocycles. The fourth-order valence-corrected chi connectivity index (χ4v) is 1.16. The van der Waals surface area contributed by atoms with Crippen LogP contribution in [0, 0.1) is 0 Å². The Morgan fingerprint density at radius 3 is 2.53 bits per heavy atom. The minimum Gasteiger partial charge on any atom is -0.378 e. The minimum absolute atomic E-state index is 0.259. The van der Waals surface area contributed by atoms with Gasteiger partial charge in [0.2, 0.25) is 0 Å². The van der Waals surface area contributed by atoms with Crippen molar-refractivity contribution in [3.63, 3.8) is 0 Å². The molecule has 0 amide bonds. The van der Waals surface area contributed by atoms with Crippen molar-refractivity contribution in [1.82, 2.24) is 0 Å². The molecule has 0 fully saturated rings. The summed E-state index contributed by atoms with van der Waals surface area (Å²) in [5.41, 5.74) is 1.32. The molecule has 15 heavy (non-hydrogen) atoms. The average Bonchev–Trinajstić information content (AvgIpc) is 2.17. The van der Waals surface area contributed by atoms with Crippen LogP contribution in [-0.4, -0.2) is 18.5 Å². The van der Waals surface area contributed by atoms with E-state index >= 15 is 0 Å². The van der Waals surface area contributed by atoms with Crippen LogP contribution in [0.2, 0.25) is 0 Å². The summed E-state index contributed by atoms with van der Waals surface area (Å²) in [7, 11) is 0. The van der Waals surface area contributed by atoms with Crippen LogP contribution >= 0.6 is 0 Å². The molecular formula is C13H24O2. The van der Waals surface area contributed by atoms with Crippen molar-refractivity contribution in [2.24, 2.45) is 0 Å². The molecule has 88 valence electrons. The van der Waals surface area contributed by atoms with Crippen LogP contribution in [0.3, 0.4) is 0 Å². The van der Waals surface area contributed by atoms with Gasteiger partial charge in [0, 0.05) is 6.42 Å². The van der Waals surface area contributed by atoms with E-state index in [-0.39, 0.29) is 5.78 Å². The van der Waals surface area contributed by atoms with E-state index < -0.39 is 0 Å². The lowest BCUT2D eigenvalue weighted by Gasteiger charge is -2.10. The molecule has 0 aromatic carbocycles. The third-order valence-corrected chi connectivity index (χ3v) is 2.46. The zero-order valence-electron chi connectivity index (χ0n) is 10.5. The second kappa shape index (κ2) is 8.66. The number of hydrogen-bond donors (Lipinski definition) is 0. The average molecular weight is 212 g/mol. The van der Waals surface area contributed by atoms with Crippen LogP contribution in [-0.2, 0) is 9.53 Å². The zero-order valence-corrected chi connectivity index (χ0v) is 10.5. The largest absolute Gasteiger partial charge is 0.378 e. The highest BCUT2D eigenvalue weighted by Crippen LogP contribution is 2.06. The predicted molar refractivity (Wildman–Crippen MR) is 64.0 cm³/mol. The lowest BCUT2D eigenvalue weighted by Crippen LogP contribution is -2.07. The number of allylic oxidation sites excluding steroid dienone is 1. The Kier molecular flexibility index (Phi) is 8.30. The maximum atomic E-state index is 10.7. The molecule has 0 spiro atoms. The normalized spacial score (nSPS) is 14.0. The van der Waals surface area contributed by atoms with E-state index in [2.05, 4.69) is 26.8 Å². The summed E-state index contributed by atoms with van der Waals surface area (Å²) < 4.78 is 5.58. The standard InChI is InChI=1S/C13H24O2/c1-5-13(4)15-10-9-11(2)7-6-8-12(3)14/h7,13H,5-6,8-10H2,1-4H3. The summed E-state index contributed by atoms with van der Waals surface area (Å²) in [4.78, 5) is 10.7. The van der Waals surface area contributed by atoms with Gasteiger partial charge in [0.15, 0.2) is 0 Å². The molecule has 0 radical (unpaired) electrons. The minimum atomic E-state index is 0.259. The number of carbonyl (C=O) groups is 1. The van der Waals surface area contributed by atoms with Crippen molar-refractivity contribution in [3.8, 4) is 0 Å². The van der Waals surface area contributed by atoms with Crippen molar-refractivity contribution in [2.45, 2.75) is 59.5 Å². The first-order valence-electron chi connectivity index (χ1n) is 5.83. The summed E-state index contributed by atoms with van der Waals surface area (Å²) in [6.45, 7) is 8.74. The number of Topliss-reactive ketones (excluding diaryl/α,β-unsaturated/α-hetero) is 1. The first-order valence-corrected chi connectivity index (χ1v) is 5.83. The SMILES string of the molecule is CCC(C)OCCC(C)=CCCC(C)=O. The van der Waals surface area contributed by atoms with E-state index in [1.807, 2.05) is 0 Å². The predicted octanol–water partition coefficient (Wildman–Crippen LogP) is 3.51. The van der Waals surface area contributed by atoms with Crippen molar-refractivity contribution in [3.05, 3.63) is 11.6 Å². The van der Waals surface area contributed by atoms with Gasteiger partial charge in [-0.25, -0.2) is 0 Å². The molecule has 2 heteroatoms. The quantitative estimate of drug-likeness (QED) is 0.575. The van der Waals surface area contributed by atoms with E-state index in [0.717, 1.165) is 25.9 Å². The van der Waals surface area contributed by atoms with Gasteiger partial charge in [-0.1, -0.05) is 18.6 Å². The van der Waals surface area contributed by atoms with Gasteiger partial charge in [-0.3, -0.25) is 0 Å².